The molecule has 0 radical (unpaired) electrons. The first-order valence-corrected chi connectivity index (χ1v) is 7.03. The molecule has 1 rings (SSSR count). The van der Waals surface area contributed by atoms with Crippen molar-refractivity contribution in [3.8, 4) is 5.75 Å². The van der Waals surface area contributed by atoms with Gasteiger partial charge in [0.1, 0.15) is 5.75 Å². The molecule has 0 saturated carbocycles. The third kappa shape index (κ3) is 5.23. The van der Waals surface area contributed by atoms with Gasteiger partial charge in [-0.2, -0.15) is 0 Å². The van der Waals surface area contributed by atoms with E-state index in [2.05, 4.69) is 60.2 Å². The largest absolute Gasteiger partial charge is 0.496 e. The van der Waals surface area contributed by atoms with Crippen LogP contribution in [0.3, 0.4) is 0 Å². The van der Waals surface area contributed by atoms with Crippen LogP contribution in [0.25, 0.3) is 6.08 Å². The Hall–Kier alpha value is -0.800. The first-order valence-electron chi connectivity index (χ1n) is 6.24. The predicted molar refractivity (Wildman–Crippen MR) is 82.1 cm³/mol. The normalized spacial score (nSPS) is 12.0. The first kappa shape index (κ1) is 15.3. The van der Waals surface area contributed by atoms with Crippen molar-refractivity contribution in [1.82, 2.24) is 5.32 Å². The molecular formula is C15H22BrNO. The molecular weight excluding hydrogens is 290 g/mol. The van der Waals surface area contributed by atoms with Crippen molar-refractivity contribution >= 4 is 22.0 Å². The van der Waals surface area contributed by atoms with Crippen LogP contribution in [0.15, 0.2) is 28.2 Å². The lowest BCUT2D eigenvalue weighted by Gasteiger charge is -2.08. The highest BCUT2D eigenvalue weighted by Gasteiger charge is 2.00. The molecule has 1 N–H and O–H groups in total. The van der Waals surface area contributed by atoms with E-state index < -0.39 is 0 Å². The van der Waals surface area contributed by atoms with E-state index in [4.69, 9.17) is 4.74 Å². The van der Waals surface area contributed by atoms with E-state index in [9.17, 15) is 0 Å². The van der Waals surface area contributed by atoms with Gasteiger partial charge in [-0.3, -0.25) is 0 Å². The minimum Gasteiger partial charge on any atom is -0.496 e. The van der Waals surface area contributed by atoms with Crippen molar-refractivity contribution in [3.63, 3.8) is 0 Å². The standard InChI is InChI=1S/C15H22BrNO/c1-11(2)9-17-10-12(3)7-13-5-6-15(18-4)14(16)8-13/h5-8,11,17H,9-10H2,1-4H3. The maximum Gasteiger partial charge on any atom is 0.133 e. The second kappa shape index (κ2) is 7.59. The van der Waals surface area contributed by atoms with Crippen LogP contribution in [0.4, 0.5) is 0 Å². The van der Waals surface area contributed by atoms with Gasteiger partial charge in [0.25, 0.3) is 0 Å². The summed E-state index contributed by atoms with van der Waals surface area (Å²) < 4.78 is 6.20. The summed E-state index contributed by atoms with van der Waals surface area (Å²) in [6, 6.07) is 6.12. The zero-order valence-corrected chi connectivity index (χ0v) is 13.2. The number of benzene rings is 1. The molecule has 1 aromatic carbocycles. The van der Waals surface area contributed by atoms with Crippen LogP contribution < -0.4 is 10.1 Å². The Kier molecular flexibility index (Phi) is 6.44. The van der Waals surface area contributed by atoms with E-state index in [1.807, 2.05) is 6.07 Å². The highest BCUT2D eigenvalue weighted by molar-refractivity contribution is 9.10. The summed E-state index contributed by atoms with van der Waals surface area (Å²) in [7, 11) is 1.68. The fourth-order valence-corrected chi connectivity index (χ4v) is 2.22. The number of hydrogen-bond donors (Lipinski definition) is 1. The molecule has 0 bridgehead atoms. The molecule has 0 spiro atoms. The van der Waals surface area contributed by atoms with Gasteiger partial charge >= 0.3 is 0 Å². The fraction of sp³-hybridized carbons (Fsp3) is 0.467. The Bertz CT molecular complexity index is 413. The van der Waals surface area contributed by atoms with Crippen LogP contribution in [0, 0.1) is 5.92 Å². The molecule has 0 unspecified atom stereocenters. The maximum atomic E-state index is 5.22. The minimum absolute atomic E-state index is 0.688. The molecule has 0 heterocycles. The van der Waals surface area contributed by atoms with E-state index in [0.29, 0.717) is 5.92 Å². The Morgan fingerprint density at radius 2 is 2.17 bits per heavy atom. The third-order valence-electron chi connectivity index (χ3n) is 2.55. The van der Waals surface area contributed by atoms with E-state index in [-0.39, 0.29) is 0 Å². The van der Waals surface area contributed by atoms with Gasteiger partial charge in [-0.1, -0.05) is 31.6 Å². The van der Waals surface area contributed by atoms with Crippen molar-refractivity contribution in [3.05, 3.63) is 33.8 Å². The SMILES string of the molecule is COc1ccc(C=C(C)CNCC(C)C)cc1Br. The van der Waals surface area contributed by atoms with E-state index in [1.54, 1.807) is 7.11 Å². The predicted octanol–water partition coefficient (Wildman–Crippen LogP) is 4.11. The lowest BCUT2D eigenvalue weighted by Crippen LogP contribution is -2.21. The van der Waals surface area contributed by atoms with Crippen molar-refractivity contribution < 1.29 is 4.74 Å². The number of halogens is 1. The maximum absolute atomic E-state index is 5.22. The summed E-state index contributed by atoms with van der Waals surface area (Å²) in [6.45, 7) is 8.56. The molecule has 0 atom stereocenters. The molecule has 0 aliphatic rings. The van der Waals surface area contributed by atoms with Crippen LogP contribution in [0.5, 0.6) is 5.75 Å². The van der Waals surface area contributed by atoms with Crippen LogP contribution in [0.2, 0.25) is 0 Å². The molecule has 0 aliphatic heterocycles. The molecule has 2 nitrogen and oxygen atoms in total. The quantitative estimate of drug-likeness (QED) is 0.853. The summed E-state index contributed by atoms with van der Waals surface area (Å²) in [5.41, 5.74) is 2.51. The zero-order chi connectivity index (χ0) is 13.5. The summed E-state index contributed by atoms with van der Waals surface area (Å²) >= 11 is 3.50. The Morgan fingerprint density at radius 1 is 1.44 bits per heavy atom. The number of ether oxygens (including phenoxy) is 1. The molecule has 0 fully saturated rings. The molecule has 3 heteroatoms. The van der Waals surface area contributed by atoms with Gasteiger partial charge in [0.2, 0.25) is 0 Å². The summed E-state index contributed by atoms with van der Waals surface area (Å²) in [4.78, 5) is 0. The average molecular weight is 312 g/mol. The molecule has 0 aromatic heterocycles. The van der Waals surface area contributed by atoms with Crippen molar-refractivity contribution in [2.45, 2.75) is 20.8 Å². The summed E-state index contributed by atoms with van der Waals surface area (Å²) in [5.74, 6) is 1.55. The lowest BCUT2D eigenvalue weighted by atomic mass is 10.1. The number of hydrogen-bond acceptors (Lipinski definition) is 2. The zero-order valence-electron chi connectivity index (χ0n) is 11.6. The topological polar surface area (TPSA) is 21.3 Å². The highest BCUT2D eigenvalue weighted by atomic mass is 79.9. The smallest absolute Gasteiger partial charge is 0.133 e. The number of nitrogens with one attached hydrogen (secondary N) is 1. The van der Waals surface area contributed by atoms with E-state index >= 15 is 0 Å². The Morgan fingerprint density at radius 3 is 2.72 bits per heavy atom. The van der Waals surface area contributed by atoms with Gasteiger partial charge in [0, 0.05) is 6.54 Å². The lowest BCUT2D eigenvalue weighted by molar-refractivity contribution is 0.412. The van der Waals surface area contributed by atoms with Crippen molar-refractivity contribution in [2.24, 2.45) is 5.92 Å². The van der Waals surface area contributed by atoms with E-state index in [0.717, 1.165) is 23.3 Å². The van der Waals surface area contributed by atoms with Crippen LogP contribution in [0.1, 0.15) is 26.3 Å². The van der Waals surface area contributed by atoms with Gasteiger partial charge in [-0.05, 0) is 53.0 Å². The summed E-state index contributed by atoms with van der Waals surface area (Å²) in [6.07, 6.45) is 2.19. The molecule has 0 aliphatic carbocycles. The molecule has 1 aromatic rings. The number of rotatable bonds is 6. The van der Waals surface area contributed by atoms with Gasteiger partial charge in [-0.25, -0.2) is 0 Å². The van der Waals surface area contributed by atoms with Crippen molar-refractivity contribution in [2.75, 3.05) is 20.2 Å². The first-order chi connectivity index (χ1) is 8.52. The van der Waals surface area contributed by atoms with Gasteiger partial charge < -0.3 is 10.1 Å². The van der Waals surface area contributed by atoms with Crippen molar-refractivity contribution in [1.29, 1.82) is 0 Å². The van der Waals surface area contributed by atoms with Gasteiger partial charge in [0.15, 0.2) is 0 Å². The molecule has 0 amide bonds. The fourth-order valence-electron chi connectivity index (χ4n) is 1.67. The van der Waals surface area contributed by atoms with Gasteiger partial charge in [-0.15, -0.1) is 0 Å². The second-order valence-corrected chi connectivity index (χ2v) is 5.76. The van der Waals surface area contributed by atoms with E-state index in [1.165, 1.54) is 11.1 Å². The Balaban J connectivity index is 2.62. The van der Waals surface area contributed by atoms with Gasteiger partial charge in [0.05, 0.1) is 11.6 Å². The summed E-state index contributed by atoms with van der Waals surface area (Å²) in [5, 5.41) is 3.44. The molecule has 100 valence electrons. The average Bonchev–Trinajstić information content (AvgIpc) is 2.28. The van der Waals surface area contributed by atoms with Crippen LogP contribution >= 0.6 is 15.9 Å². The molecule has 0 saturated heterocycles. The molecule has 18 heavy (non-hydrogen) atoms. The minimum atomic E-state index is 0.688. The Labute approximate surface area is 119 Å². The number of methoxy groups -OCH3 is 1. The second-order valence-electron chi connectivity index (χ2n) is 4.91. The third-order valence-corrected chi connectivity index (χ3v) is 3.17. The van der Waals surface area contributed by atoms with Crippen LogP contribution in [-0.2, 0) is 0 Å². The monoisotopic (exact) mass is 311 g/mol. The highest BCUT2D eigenvalue weighted by Crippen LogP contribution is 2.26. The van der Waals surface area contributed by atoms with Crippen LogP contribution in [-0.4, -0.2) is 20.2 Å².